The number of Topliss-reactive ketones (excluding diaryl/α,β-unsaturated/α-hetero) is 1. The molecule has 0 bridgehead atoms. The molecule has 0 aliphatic carbocycles. The Morgan fingerprint density at radius 2 is 2.31 bits per heavy atom. The van der Waals surface area contributed by atoms with E-state index in [1.807, 2.05) is 18.2 Å². The predicted octanol–water partition coefficient (Wildman–Crippen LogP) is 2.21. The topological polar surface area (TPSA) is 26.3 Å². The Labute approximate surface area is 77.5 Å². The van der Waals surface area contributed by atoms with E-state index in [4.69, 9.17) is 4.74 Å². The molecule has 0 atom stereocenters. The minimum Gasteiger partial charge on any atom is -0.492 e. The third-order valence-corrected chi connectivity index (χ3v) is 2.35. The second kappa shape index (κ2) is 3.21. The lowest BCUT2D eigenvalue weighted by Gasteiger charge is -2.18. The van der Waals surface area contributed by atoms with Crippen LogP contribution in [0.3, 0.4) is 0 Å². The first-order chi connectivity index (χ1) is 6.33. The first-order valence-corrected chi connectivity index (χ1v) is 4.61. The van der Waals surface area contributed by atoms with Gasteiger partial charge in [-0.05, 0) is 18.1 Å². The number of fused-ring (bicyclic) bond motifs is 1. The summed E-state index contributed by atoms with van der Waals surface area (Å²) < 4.78 is 5.50. The maximum absolute atomic E-state index is 11.5. The number of carbonyl (C=O) groups excluding carboxylic acids is 1. The van der Waals surface area contributed by atoms with Gasteiger partial charge in [-0.3, -0.25) is 4.79 Å². The van der Waals surface area contributed by atoms with Gasteiger partial charge in [0.2, 0.25) is 0 Å². The van der Waals surface area contributed by atoms with Crippen LogP contribution in [0.1, 0.15) is 29.3 Å². The third kappa shape index (κ3) is 1.32. The molecule has 0 radical (unpaired) electrons. The van der Waals surface area contributed by atoms with Crippen LogP contribution in [-0.4, -0.2) is 12.4 Å². The zero-order valence-electron chi connectivity index (χ0n) is 7.67. The predicted molar refractivity (Wildman–Crippen MR) is 50.3 cm³/mol. The monoisotopic (exact) mass is 176 g/mol. The molecular weight excluding hydrogens is 164 g/mol. The lowest BCUT2D eigenvalue weighted by molar-refractivity contribution is 0.0932. The normalized spacial score (nSPS) is 15.0. The van der Waals surface area contributed by atoms with E-state index in [-0.39, 0.29) is 5.78 Å². The van der Waals surface area contributed by atoms with E-state index in [1.54, 1.807) is 0 Å². The largest absolute Gasteiger partial charge is 0.492 e. The van der Waals surface area contributed by atoms with Gasteiger partial charge in [0.05, 0.1) is 12.2 Å². The summed E-state index contributed by atoms with van der Waals surface area (Å²) >= 11 is 0. The summed E-state index contributed by atoms with van der Waals surface area (Å²) in [4.78, 5) is 11.5. The van der Waals surface area contributed by atoms with E-state index in [0.29, 0.717) is 13.0 Å². The number of ether oxygens (including phenoxy) is 1. The van der Waals surface area contributed by atoms with Gasteiger partial charge in [0.15, 0.2) is 5.78 Å². The van der Waals surface area contributed by atoms with Crippen LogP contribution in [0.2, 0.25) is 0 Å². The molecule has 68 valence electrons. The lowest BCUT2D eigenvalue weighted by Crippen LogP contribution is -2.16. The van der Waals surface area contributed by atoms with Crippen LogP contribution in [0.5, 0.6) is 5.75 Å². The highest BCUT2D eigenvalue weighted by molar-refractivity contribution is 5.99. The highest BCUT2D eigenvalue weighted by Crippen LogP contribution is 2.28. The fourth-order valence-electron chi connectivity index (χ4n) is 1.63. The Kier molecular flexibility index (Phi) is 2.05. The number of hydrogen-bond acceptors (Lipinski definition) is 2. The molecular formula is C11H12O2. The number of ketones is 1. The summed E-state index contributed by atoms with van der Waals surface area (Å²) in [7, 11) is 0. The fraction of sp³-hybridized carbons (Fsp3) is 0.364. The first-order valence-electron chi connectivity index (χ1n) is 4.61. The van der Waals surface area contributed by atoms with E-state index in [1.165, 1.54) is 0 Å². The molecule has 13 heavy (non-hydrogen) atoms. The lowest BCUT2D eigenvalue weighted by atomic mass is 10.0. The van der Waals surface area contributed by atoms with Crippen LogP contribution in [0, 0.1) is 0 Å². The molecule has 0 fully saturated rings. The highest BCUT2D eigenvalue weighted by atomic mass is 16.5. The summed E-state index contributed by atoms with van der Waals surface area (Å²) in [5.41, 5.74) is 1.89. The maximum atomic E-state index is 11.5. The van der Waals surface area contributed by atoms with Crippen molar-refractivity contribution >= 4 is 5.78 Å². The van der Waals surface area contributed by atoms with Crippen molar-refractivity contribution < 1.29 is 9.53 Å². The summed E-state index contributed by atoms with van der Waals surface area (Å²) in [6.07, 6.45) is 1.43. The van der Waals surface area contributed by atoms with Crippen molar-refractivity contribution in [3.63, 3.8) is 0 Å². The molecule has 1 aliphatic rings. The zero-order valence-corrected chi connectivity index (χ0v) is 7.67. The molecule has 0 spiro atoms. The number of para-hydroxylation sites is 1. The Morgan fingerprint density at radius 3 is 3.08 bits per heavy atom. The fourth-order valence-corrected chi connectivity index (χ4v) is 1.63. The van der Waals surface area contributed by atoms with Crippen LogP contribution in [0.15, 0.2) is 18.2 Å². The van der Waals surface area contributed by atoms with Crippen molar-refractivity contribution in [2.75, 3.05) is 6.61 Å². The Hall–Kier alpha value is -1.31. The van der Waals surface area contributed by atoms with Crippen LogP contribution < -0.4 is 4.74 Å². The average Bonchev–Trinajstić information content (AvgIpc) is 2.18. The van der Waals surface area contributed by atoms with Crippen molar-refractivity contribution in [3.05, 3.63) is 29.3 Å². The highest BCUT2D eigenvalue weighted by Gasteiger charge is 2.19. The summed E-state index contributed by atoms with van der Waals surface area (Å²) in [6.45, 7) is 2.60. The molecule has 0 saturated heterocycles. The van der Waals surface area contributed by atoms with Gasteiger partial charge >= 0.3 is 0 Å². The number of rotatable bonds is 1. The van der Waals surface area contributed by atoms with Gasteiger partial charge in [-0.2, -0.15) is 0 Å². The molecule has 0 unspecified atom stereocenters. The zero-order chi connectivity index (χ0) is 9.26. The minimum absolute atomic E-state index is 0.205. The van der Waals surface area contributed by atoms with Gasteiger partial charge in [0, 0.05) is 6.42 Å². The smallest absolute Gasteiger partial charge is 0.170 e. The molecule has 2 nitrogen and oxygen atoms in total. The van der Waals surface area contributed by atoms with Crippen molar-refractivity contribution in [1.82, 2.24) is 0 Å². The molecule has 0 saturated carbocycles. The second-order valence-corrected chi connectivity index (χ2v) is 3.17. The van der Waals surface area contributed by atoms with Crippen LogP contribution >= 0.6 is 0 Å². The van der Waals surface area contributed by atoms with Crippen LogP contribution in [0.25, 0.3) is 0 Å². The molecule has 0 N–H and O–H groups in total. The quantitative estimate of drug-likeness (QED) is 0.655. The van der Waals surface area contributed by atoms with Gasteiger partial charge in [-0.25, -0.2) is 0 Å². The molecule has 1 aliphatic heterocycles. The summed E-state index contributed by atoms with van der Waals surface area (Å²) in [5, 5.41) is 0. The van der Waals surface area contributed by atoms with Gasteiger partial charge in [0.25, 0.3) is 0 Å². The number of aryl methyl sites for hydroxylation is 1. The molecule has 1 aromatic carbocycles. The van der Waals surface area contributed by atoms with Crippen molar-refractivity contribution in [3.8, 4) is 5.75 Å². The van der Waals surface area contributed by atoms with Crippen molar-refractivity contribution in [2.24, 2.45) is 0 Å². The Bertz CT molecular complexity index is 342. The molecule has 1 heterocycles. The summed E-state index contributed by atoms with van der Waals surface area (Å²) in [6, 6.07) is 5.78. The maximum Gasteiger partial charge on any atom is 0.170 e. The molecule has 1 aromatic rings. The number of carbonyl (C=O) groups is 1. The van der Waals surface area contributed by atoms with Gasteiger partial charge < -0.3 is 4.74 Å². The summed E-state index contributed by atoms with van der Waals surface area (Å²) in [5.74, 6) is 1.01. The standard InChI is InChI=1S/C11H12O2/c1-2-8-4-3-5-9-10(12)6-7-13-11(8)9/h3-5H,2,6-7H2,1H3. The Morgan fingerprint density at radius 1 is 1.46 bits per heavy atom. The minimum atomic E-state index is 0.205. The molecule has 2 heteroatoms. The average molecular weight is 176 g/mol. The van der Waals surface area contributed by atoms with E-state index < -0.39 is 0 Å². The van der Waals surface area contributed by atoms with E-state index in [0.717, 1.165) is 23.3 Å². The van der Waals surface area contributed by atoms with Crippen molar-refractivity contribution in [1.29, 1.82) is 0 Å². The van der Waals surface area contributed by atoms with Crippen LogP contribution in [0.4, 0.5) is 0 Å². The first kappa shape index (κ1) is 8.30. The number of benzene rings is 1. The third-order valence-electron chi connectivity index (χ3n) is 2.35. The van der Waals surface area contributed by atoms with E-state index >= 15 is 0 Å². The Balaban J connectivity index is 2.54. The second-order valence-electron chi connectivity index (χ2n) is 3.17. The van der Waals surface area contributed by atoms with Gasteiger partial charge in [-0.1, -0.05) is 19.1 Å². The van der Waals surface area contributed by atoms with Crippen molar-refractivity contribution in [2.45, 2.75) is 19.8 Å². The molecule has 0 aromatic heterocycles. The van der Waals surface area contributed by atoms with Gasteiger partial charge in [-0.15, -0.1) is 0 Å². The number of hydrogen-bond donors (Lipinski definition) is 0. The van der Waals surface area contributed by atoms with E-state index in [2.05, 4.69) is 6.92 Å². The van der Waals surface area contributed by atoms with E-state index in [9.17, 15) is 4.79 Å². The molecule has 0 amide bonds. The SMILES string of the molecule is CCc1cccc2c1OCCC2=O. The molecule has 2 rings (SSSR count). The van der Waals surface area contributed by atoms with Gasteiger partial charge in [0.1, 0.15) is 5.75 Å². The van der Waals surface area contributed by atoms with Crippen LogP contribution in [-0.2, 0) is 6.42 Å².